The third kappa shape index (κ3) is 4.71. The van der Waals surface area contributed by atoms with Crippen molar-refractivity contribution in [3.8, 4) is 0 Å². The largest absolute Gasteiger partial charge is 0.383 e. The Kier molecular flexibility index (Phi) is 6.79. The lowest BCUT2D eigenvalue weighted by Gasteiger charge is -2.45. The normalized spacial score (nSPS) is 24.9. The van der Waals surface area contributed by atoms with Crippen LogP contribution >= 0.6 is 0 Å². The number of rotatable bonds is 7. The molecule has 2 rings (SSSR count). The fourth-order valence-corrected chi connectivity index (χ4v) is 4.05. The lowest BCUT2D eigenvalue weighted by atomic mass is 9.68. The Hall–Kier alpha value is -0.120. The van der Waals surface area contributed by atoms with Gasteiger partial charge in [-0.1, -0.05) is 26.2 Å². The first-order valence-electron chi connectivity index (χ1n) is 8.73. The van der Waals surface area contributed by atoms with E-state index >= 15 is 0 Å². The number of likely N-dealkylation sites (tertiary alicyclic amines) is 1. The minimum atomic E-state index is 0.500. The van der Waals surface area contributed by atoms with Crippen molar-refractivity contribution >= 4 is 0 Å². The molecule has 1 aliphatic carbocycles. The van der Waals surface area contributed by atoms with Crippen LogP contribution in [-0.2, 0) is 4.74 Å². The quantitative estimate of drug-likeness (QED) is 0.777. The monoisotopic (exact) mass is 282 g/mol. The zero-order chi connectivity index (χ0) is 14.3. The molecule has 1 saturated heterocycles. The molecule has 20 heavy (non-hydrogen) atoms. The summed E-state index contributed by atoms with van der Waals surface area (Å²) < 4.78 is 5.36. The summed E-state index contributed by atoms with van der Waals surface area (Å²) in [6.45, 7) is 7.92. The fourth-order valence-electron chi connectivity index (χ4n) is 4.05. The van der Waals surface area contributed by atoms with Gasteiger partial charge in [0.15, 0.2) is 0 Å². The second-order valence-electron chi connectivity index (χ2n) is 6.97. The molecule has 0 aromatic carbocycles. The van der Waals surface area contributed by atoms with Crippen molar-refractivity contribution in [1.29, 1.82) is 0 Å². The summed E-state index contributed by atoms with van der Waals surface area (Å²) in [5.41, 5.74) is 0.725. The molecule has 3 heteroatoms. The zero-order valence-electron chi connectivity index (χ0n) is 13.6. The van der Waals surface area contributed by atoms with Crippen LogP contribution < -0.4 is 5.32 Å². The Morgan fingerprint density at radius 1 is 1.10 bits per heavy atom. The third-order valence-electron chi connectivity index (χ3n) is 5.36. The van der Waals surface area contributed by atoms with Gasteiger partial charge in [-0.3, -0.25) is 0 Å². The van der Waals surface area contributed by atoms with Crippen LogP contribution in [-0.4, -0.2) is 50.8 Å². The summed E-state index contributed by atoms with van der Waals surface area (Å²) in [5, 5.41) is 3.62. The first-order valence-corrected chi connectivity index (χ1v) is 8.73. The van der Waals surface area contributed by atoms with Gasteiger partial charge in [0.2, 0.25) is 0 Å². The van der Waals surface area contributed by atoms with Crippen LogP contribution in [0.3, 0.4) is 0 Å². The van der Waals surface area contributed by atoms with Gasteiger partial charge in [-0.2, -0.15) is 0 Å². The van der Waals surface area contributed by atoms with E-state index in [2.05, 4.69) is 17.1 Å². The second-order valence-corrected chi connectivity index (χ2v) is 6.97. The van der Waals surface area contributed by atoms with Gasteiger partial charge in [-0.05, 0) is 57.2 Å². The average Bonchev–Trinajstić information content (AvgIpc) is 2.48. The topological polar surface area (TPSA) is 24.5 Å². The molecule has 1 spiro atoms. The first kappa shape index (κ1) is 16.3. The molecular weight excluding hydrogens is 248 g/mol. The number of nitrogens with one attached hydrogen (secondary N) is 1. The van der Waals surface area contributed by atoms with Gasteiger partial charge < -0.3 is 15.0 Å². The third-order valence-corrected chi connectivity index (χ3v) is 5.36. The number of methoxy groups -OCH3 is 1. The molecule has 0 bridgehead atoms. The van der Waals surface area contributed by atoms with Crippen LogP contribution in [0, 0.1) is 5.41 Å². The Labute approximate surface area is 125 Å². The van der Waals surface area contributed by atoms with Crippen LogP contribution in [0.2, 0.25) is 0 Å². The molecule has 0 aromatic heterocycles. The minimum Gasteiger partial charge on any atom is -0.383 e. The molecule has 1 saturated carbocycles. The van der Waals surface area contributed by atoms with Gasteiger partial charge in [-0.25, -0.2) is 0 Å². The predicted molar refractivity (Wildman–Crippen MR) is 85.1 cm³/mol. The summed E-state index contributed by atoms with van der Waals surface area (Å²) in [4.78, 5) is 2.66. The van der Waals surface area contributed by atoms with Crippen molar-refractivity contribution in [2.24, 2.45) is 5.41 Å². The van der Waals surface area contributed by atoms with Crippen LogP contribution in [0.5, 0.6) is 0 Å². The van der Waals surface area contributed by atoms with Crippen LogP contribution in [0.4, 0.5) is 0 Å². The minimum absolute atomic E-state index is 0.500. The average molecular weight is 282 g/mol. The summed E-state index contributed by atoms with van der Waals surface area (Å²) in [6.07, 6.45) is 11.5. The molecule has 3 nitrogen and oxygen atoms in total. The molecule has 1 unspecified atom stereocenters. The second kappa shape index (κ2) is 8.35. The number of ether oxygens (including phenoxy) is 1. The Bertz CT molecular complexity index is 254. The first-order chi connectivity index (χ1) is 9.78. The van der Waals surface area contributed by atoms with E-state index < -0.39 is 0 Å². The fraction of sp³-hybridized carbons (Fsp3) is 1.00. The summed E-state index contributed by atoms with van der Waals surface area (Å²) >= 11 is 0. The van der Waals surface area contributed by atoms with Gasteiger partial charge in [0.05, 0.1) is 6.61 Å². The maximum absolute atomic E-state index is 5.36. The Balaban J connectivity index is 1.74. The molecule has 1 heterocycles. The van der Waals surface area contributed by atoms with E-state index in [1.165, 1.54) is 64.5 Å². The highest BCUT2D eigenvalue weighted by molar-refractivity contribution is 4.89. The standard InChI is InChI=1S/C17H34N2O/c1-3-11-18-16(15-20-2)14-19-12-9-17(10-13-19)7-5-4-6-8-17/h16,18H,3-15H2,1-2H3. The highest BCUT2D eigenvalue weighted by Crippen LogP contribution is 2.44. The zero-order valence-corrected chi connectivity index (χ0v) is 13.6. The Morgan fingerprint density at radius 3 is 2.40 bits per heavy atom. The van der Waals surface area contributed by atoms with Crippen molar-refractivity contribution in [3.05, 3.63) is 0 Å². The van der Waals surface area contributed by atoms with E-state index in [1.54, 1.807) is 0 Å². The van der Waals surface area contributed by atoms with Gasteiger partial charge in [0, 0.05) is 19.7 Å². The van der Waals surface area contributed by atoms with E-state index in [-0.39, 0.29) is 0 Å². The lowest BCUT2D eigenvalue weighted by molar-refractivity contribution is 0.0544. The van der Waals surface area contributed by atoms with Crippen molar-refractivity contribution < 1.29 is 4.74 Å². The molecule has 2 aliphatic rings. The highest BCUT2D eigenvalue weighted by Gasteiger charge is 2.35. The smallest absolute Gasteiger partial charge is 0.0628 e. The molecule has 1 atom stereocenters. The molecule has 1 N–H and O–H groups in total. The highest BCUT2D eigenvalue weighted by atomic mass is 16.5. The number of piperidine rings is 1. The number of hydrogen-bond acceptors (Lipinski definition) is 3. The molecule has 0 aromatic rings. The van der Waals surface area contributed by atoms with E-state index in [0.29, 0.717) is 6.04 Å². The number of hydrogen-bond donors (Lipinski definition) is 1. The molecule has 118 valence electrons. The van der Waals surface area contributed by atoms with Crippen LogP contribution in [0.25, 0.3) is 0 Å². The lowest BCUT2D eigenvalue weighted by Crippen LogP contribution is -2.48. The molecule has 0 radical (unpaired) electrons. The number of nitrogens with zero attached hydrogens (tertiary/aromatic N) is 1. The van der Waals surface area contributed by atoms with Gasteiger partial charge >= 0.3 is 0 Å². The maximum Gasteiger partial charge on any atom is 0.0628 e. The summed E-state index contributed by atoms with van der Waals surface area (Å²) in [7, 11) is 1.81. The van der Waals surface area contributed by atoms with E-state index in [4.69, 9.17) is 4.74 Å². The molecule has 0 amide bonds. The molecular formula is C17H34N2O. The van der Waals surface area contributed by atoms with E-state index in [0.717, 1.165) is 25.1 Å². The van der Waals surface area contributed by atoms with E-state index in [1.807, 2.05) is 7.11 Å². The van der Waals surface area contributed by atoms with Crippen molar-refractivity contribution in [2.45, 2.75) is 64.3 Å². The molecule has 2 fully saturated rings. The van der Waals surface area contributed by atoms with Gasteiger partial charge in [0.1, 0.15) is 0 Å². The maximum atomic E-state index is 5.36. The van der Waals surface area contributed by atoms with Crippen LogP contribution in [0.15, 0.2) is 0 Å². The SMILES string of the molecule is CCCNC(COC)CN1CCC2(CCCCC2)CC1. The van der Waals surface area contributed by atoms with Crippen LogP contribution in [0.1, 0.15) is 58.3 Å². The van der Waals surface area contributed by atoms with E-state index in [9.17, 15) is 0 Å². The molecule has 1 aliphatic heterocycles. The Morgan fingerprint density at radius 2 is 1.80 bits per heavy atom. The van der Waals surface area contributed by atoms with Crippen molar-refractivity contribution in [1.82, 2.24) is 10.2 Å². The van der Waals surface area contributed by atoms with Gasteiger partial charge in [0.25, 0.3) is 0 Å². The predicted octanol–water partition coefficient (Wildman–Crippen LogP) is 3.05. The van der Waals surface area contributed by atoms with Crippen molar-refractivity contribution in [3.63, 3.8) is 0 Å². The van der Waals surface area contributed by atoms with Crippen molar-refractivity contribution in [2.75, 3.05) is 39.9 Å². The van der Waals surface area contributed by atoms with Gasteiger partial charge in [-0.15, -0.1) is 0 Å². The summed E-state index contributed by atoms with van der Waals surface area (Å²) in [5.74, 6) is 0. The summed E-state index contributed by atoms with van der Waals surface area (Å²) in [6, 6.07) is 0.500.